The second-order valence-electron chi connectivity index (χ2n) is 7.67. The summed E-state index contributed by atoms with van der Waals surface area (Å²) in [6.45, 7) is 6.73. The lowest BCUT2D eigenvalue weighted by Gasteiger charge is -2.28. The number of hydrogen-bond donors (Lipinski definition) is 0. The van der Waals surface area contributed by atoms with Gasteiger partial charge in [0, 0.05) is 35.1 Å². The Morgan fingerprint density at radius 2 is 1.79 bits per heavy atom. The van der Waals surface area contributed by atoms with Crippen LogP contribution in [0.4, 0.5) is 5.69 Å². The van der Waals surface area contributed by atoms with Crippen molar-refractivity contribution in [2.75, 3.05) is 31.6 Å². The van der Waals surface area contributed by atoms with E-state index >= 15 is 0 Å². The summed E-state index contributed by atoms with van der Waals surface area (Å²) >= 11 is 5.90. The number of fused-ring (bicyclic) bond motifs is 1. The van der Waals surface area contributed by atoms with Gasteiger partial charge in [0.05, 0.1) is 6.54 Å². The Balaban J connectivity index is 1.58. The molecule has 0 fully saturated rings. The van der Waals surface area contributed by atoms with Crippen molar-refractivity contribution in [1.29, 1.82) is 0 Å². The number of nitrogens with zero attached hydrogens (tertiary/aromatic N) is 2. The summed E-state index contributed by atoms with van der Waals surface area (Å²) in [6.07, 6.45) is 3.23. The molecule has 0 atom stereocenters. The standard InChI is InChI=1S/C24H29ClN2O/c1-18-9-10-20-7-4-5-8-23(20)27(19(18)2)16-6-15-26(3)17-24(28)21-11-13-22(25)14-12-21/h4-5,7-8,11-14H,6,9-10,15-17H2,1-3H3. The van der Waals surface area contributed by atoms with Crippen LogP contribution in [0.2, 0.25) is 5.02 Å². The van der Waals surface area contributed by atoms with Crippen LogP contribution < -0.4 is 4.90 Å². The number of carbonyl (C=O) groups excluding carboxylic acids is 1. The molecule has 4 heteroatoms. The topological polar surface area (TPSA) is 23.6 Å². The van der Waals surface area contributed by atoms with Gasteiger partial charge in [0.2, 0.25) is 0 Å². The minimum atomic E-state index is 0.131. The maximum atomic E-state index is 12.4. The Labute approximate surface area is 173 Å². The third-order valence-corrected chi connectivity index (χ3v) is 5.83. The average molecular weight is 397 g/mol. The van der Waals surface area contributed by atoms with Gasteiger partial charge in [0.15, 0.2) is 5.78 Å². The van der Waals surface area contributed by atoms with Crippen molar-refractivity contribution in [2.24, 2.45) is 0 Å². The molecule has 2 aromatic carbocycles. The van der Waals surface area contributed by atoms with E-state index in [0.717, 1.165) is 32.4 Å². The smallest absolute Gasteiger partial charge is 0.176 e. The molecule has 28 heavy (non-hydrogen) atoms. The average Bonchev–Trinajstić information content (AvgIpc) is 2.80. The molecular weight excluding hydrogens is 368 g/mol. The molecule has 0 unspecified atom stereocenters. The molecule has 148 valence electrons. The highest BCUT2D eigenvalue weighted by Gasteiger charge is 2.18. The summed E-state index contributed by atoms with van der Waals surface area (Å²) in [5.41, 5.74) is 6.29. The van der Waals surface area contributed by atoms with Crippen molar-refractivity contribution in [3.05, 3.63) is 76.0 Å². The molecule has 0 saturated heterocycles. The zero-order valence-electron chi connectivity index (χ0n) is 17.0. The van der Waals surface area contributed by atoms with Gasteiger partial charge in [-0.1, -0.05) is 35.4 Å². The third kappa shape index (κ3) is 5.03. The summed E-state index contributed by atoms with van der Waals surface area (Å²) < 4.78 is 0. The van der Waals surface area contributed by atoms with Crippen molar-refractivity contribution < 1.29 is 4.79 Å². The summed E-state index contributed by atoms with van der Waals surface area (Å²) in [6, 6.07) is 15.8. The Hall–Kier alpha value is -2.10. The Morgan fingerprint density at radius 3 is 2.54 bits per heavy atom. The molecule has 0 amide bonds. The SMILES string of the molecule is CC1=C(C)N(CCCN(C)CC(=O)c2ccc(Cl)cc2)c2ccccc2CC1. The number of likely N-dealkylation sites (N-methyl/N-ethyl adjacent to an activating group) is 1. The first-order chi connectivity index (χ1) is 13.5. The summed E-state index contributed by atoms with van der Waals surface area (Å²) in [4.78, 5) is 17.0. The van der Waals surface area contributed by atoms with E-state index in [2.05, 4.69) is 47.9 Å². The number of para-hydroxylation sites is 1. The summed E-state index contributed by atoms with van der Waals surface area (Å²) in [5, 5.41) is 0.654. The van der Waals surface area contributed by atoms with Crippen molar-refractivity contribution in [2.45, 2.75) is 33.1 Å². The van der Waals surface area contributed by atoms with Crippen LogP contribution in [0.3, 0.4) is 0 Å². The van der Waals surface area contributed by atoms with Crippen LogP contribution in [0.5, 0.6) is 0 Å². The molecule has 0 spiro atoms. The van der Waals surface area contributed by atoms with Crippen LogP contribution in [0.1, 0.15) is 42.6 Å². The zero-order valence-corrected chi connectivity index (χ0v) is 17.8. The number of rotatable bonds is 7. The number of ketones is 1. The van der Waals surface area contributed by atoms with Gasteiger partial charge < -0.3 is 4.90 Å². The highest BCUT2D eigenvalue weighted by Crippen LogP contribution is 2.31. The molecule has 0 bridgehead atoms. The molecule has 1 heterocycles. The van der Waals surface area contributed by atoms with Gasteiger partial charge in [0.25, 0.3) is 0 Å². The van der Waals surface area contributed by atoms with E-state index in [1.165, 1.54) is 22.5 Å². The molecule has 0 N–H and O–H groups in total. The van der Waals surface area contributed by atoms with E-state index < -0.39 is 0 Å². The fourth-order valence-corrected chi connectivity index (χ4v) is 3.86. The highest BCUT2D eigenvalue weighted by atomic mass is 35.5. The molecule has 0 aliphatic carbocycles. The number of benzene rings is 2. The zero-order chi connectivity index (χ0) is 20.1. The number of Topliss-reactive ketones (excluding diaryl/α,β-unsaturated/α-hetero) is 1. The molecule has 2 aromatic rings. The van der Waals surface area contributed by atoms with E-state index in [4.69, 9.17) is 11.6 Å². The quantitative estimate of drug-likeness (QED) is 0.570. The van der Waals surface area contributed by atoms with Crippen molar-refractivity contribution in [1.82, 2.24) is 4.90 Å². The number of halogens is 1. The van der Waals surface area contributed by atoms with Crippen molar-refractivity contribution in [3.63, 3.8) is 0 Å². The van der Waals surface area contributed by atoms with E-state index in [-0.39, 0.29) is 5.78 Å². The molecule has 3 nitrogen and oxygen atoms in total. The maximum absolute atomic E-state index is 12.4. The van der Waals surface area contributed by atoms with Crippen molar-refractivity contribution in [3.8, 4) is 0 Å². The van der Waals surface area contributed by atoms with E-state index in [9.17, 15) is 4.79 Å². The Bertz CT molecular complexity index is 857. The predicted molar refractivity (Wildman–Crippen MR) is 118 cm³/mol. The largest absolute Gasteiger partial charge is 0.345 e. The number of allylic oxidation sites excluding steroid dienone is 2. The number of aryl methyl sites for hydroxylation is 1. The predicted octanol–water partition coefficient (Wildman–Crippen LogP) is 5.59. The fraction of sp³-hybridized carbons (Fsp3) is 0.375. The van der Waals surface area contributed by atoms with Crippen LogP contribution in [0, 0.1) is 0 Å². The van der Waals surface area contributed by atoms with Gasteiger partial charge in [-0.2, -0.15) is 0 Å². The summed E-state index contributed by atoms with van der Waals surface area (Å²) in [7, 11) is 2.01. The first kappa shape index (κ1) is 20.6. The monoisotopic (exact) mass is 396 g/mol. The van der Waals surface area contributed by atoms with Gasteiger partial charge in [-0.25, -0.2) is 0 Å². The lowest BCUT2D eigenvalue weighted by Crippen LogP contribution is -2.30. The summed E-state index contributed by atoms with van der Waals surface area (Å²) in [5.74, 6) is 0.131. The van der Waals surface area contributed by atoms with Crippen LogP contribution in [0.25, 0.3) is 0 Å². The van der Waals surface area contributed by atoms with Gasteiger partial charge in [0.1, 0.15) is 0 Å². The minimum absolute atomic E-state index is 0.131. The Morgan fingerprint density at radius 1 is 1.07 bits per heavy atom. The second kappa shape index (κ2) is 9.40. The van der Waals surface area contributed by atoms with Gasteiger partial charge in [-0.15, -0.1) is 0 Å². The minimum Gasteiger partial charge on any atom is -0.345 e. The van der Waals surface area contributed by atoms with Crippen LogP contribution >= 0.6 is 11.6 Å². The lowest BCUT2D eigenvalue weighted by molar-refractivity contribution is 0.0946. The highest BCUT2D eigenvalue weighted by molar-refractivity contribution is 6.30. The maximum Gasteiger partial charge on any atom is 0.176 e. The van der Waals surface area contributed by atoms with Gasteiger partial charge in [-0.05, 0) is 76.1 Å². The lowest BCUT2D eigenvalue weighted by atomic mass is 10.1. The molecule has 0 radical (unpaired) electrons. The third-order valence-electron chi connectivity index (χ3n) is 5.58. The first-order valence-corrected chi connectivity index (χ1v) is 10.3. The van der Waals surface area contributed by atoms with Gasteiger partial charge in [-0.3, -0.25) is 9.69 Å². The number of hydrogen-bond acceptors (Lipinski definition) is 3. The first-order valence-electron chi connectivity index (χ1n) is 9.95. The van der Waals surface area contributed by atoms with E-state index in [1.807, 2.05) is 7.05 Å². The molecular formula is C24H29ClN2O. The molecule has 1 aliphatic rings. The van der Waals surface area contributed by atoms with E-state index in [1.54, 1.807) is 24.3 Å². The van der Waals surface area contributed by atoms with Crippen LogP contribution in [-0.2, 0) is 6.42 Å². The molecule has 0 aromatic heterocycles. The second-order valence-corrected chi connectivity index (χ2v) is 8.10. The number of anilines is 1. The normalized spacial score (nSPS) is 14.2. The van der Waals surface area contributed by atoms with Crippen LogP contribution in [0.15, 0.2) is 59.8 Å². The molecule has 0 saturated carbocycles. The number of carbonyl (C=O) groups is 1. The van der Waals surface area contributed by atoms with E-state index in [0.29, 0.717) is 17.1 Å². The van der Waals surface area contributed by atoms with Gasteiger partial charge >= 0.3 is 0 Å². The van der Waals surface area contributed by atoms with Crippen molar-refractivity contribution >= 4 is 23.1 Å². The molecule has 3 rings (SSSR count). The van der Waals surface area contributed by atoms with Crippen LogP contribution in [-0.4, -0.2) is 37.4 Å². The fourth-order valence-electron chi connectivity index (χ4n) is 3.74. The molecule has 1 aliphatic heterocycles. The Kier molecular flexibility index (Phi) is 6.93.